The Labute approximate surface area is 136 Å². The highest BCUT2D eigenvalue weighted by atomic mass is 16.5. The summed E-state index contributed by atoms with van der Waals surface area (Å²) < 4.78 is 5.47. The molecule has 1 atom stereocenters. The number of hydrogen-bond donors (Lipinski definition) is 2. The molecule has 23 heavy (non-hydrogen) atoms. The summed E-state index contributed by atoms with van der Waals surface area (Å²) in [5.74, 6) is -0.111. The highest BCUT2D eigenvalue weighted by molar-refractivity contribution is 5.93. The van der Waals surface area contributed by atoms with Gasteiger partial charge in [-0.1, -0.05) is 30.3 Å². The van der Waals surface area contributed by atoms with Gasteiger partial charge in [0.05, 0.1) is 5.41 Å². The fraction of sp³-hybridized carbons (Fsp3) is 0.556. The first-order valence-corrected chi connectivity index (χ1v) is 8.44. The predicted molar refractivity (Wildman–Crippen MR) is 87.0 cm³/mol. The van der Waals surface area contributed by atoms with E-state index in [1.54, 1.807) is 0 Å². The molecule has 0 aliphatic carbocycles. The van der Waals surface area contributed by atoms with Crippen molar-refractivity contribution in [3.63, 3.8) is 0 Å². The van der Waals surface area contributed by atoms with Crippen molar-refractivity contribution in [3.05, 3.63) is 35.9 Å². The van der Waals surface area contributed by atoms with Crippen LogP contribution in [0.3, 0.4) is 0 Å². The lowest BCUT2D eigenvalue weighted by atomic mass is 9.73. The first-order chi connectivity index (χ1) is 11.2. The standard InChI is InChI=1S/C18H24N2O3/c21-16-15(8-4-5-11-19-16)20-17(22)18(9-12-23-13-10-18)14-6-2-1-3-7-14/h1-3,6-7,15H,4-5,8-13H2,(H,19,21)(H,20,22)/t15-/m1/s1. The van der Waals surface area contributed by atoms with Gasteiger partial charge < -0.3 is 15.4 Å². The monoisotopic (exact) mass is 316 g/mol. The van der Waals surface area contributed by atoms with E-state index >= 15 is 0 Å². The van der Waals surface area contributed by atoms with E-state index in [-0.39, 0.29) is 11.8 Å². The van der Waals surface area contributed by atoms with Crippen LogP contribution in [-0.4, -0.2) is 37.6 Å². The van der Waals surface area contributed by atoms with Crippen LogP contribution in [0.25, 0.3) is 0 Å². The average Bonchev–Trinajstić information content (AvgIpc) is 2.81. The molecule has 0 bridgehead atoms. The molecule has 0 aromatic heterocycles. The highest BCUT2D eigenvalue weighted by Gasteiger charge is 2.42. The fourth-order valence-electron chi connectivity index (χ4n) is 3.50. The Balaban J connectivity index is 1.82. The predicted octanol–water partition coefficient (Wildman–Crippen LogP) is 1.52. The van der Waals surface area contributed by atoms with Gasteiger partial charge in [-0.25, -0.2) is 0 Å². The second-order valence-corrected chi connectivity index (χ2v) is 6.37. The van der Waals surface area contributed by atoms with E-state index in [1.165, 1.54) is 0 Å². The molecule has 124 valence electrons. The minimum absolute atomic E-state index is 0.0472. The van der Waals surface area contributed by atoms with Crippen molar-refractivity contribution in [2.75, 3.05) is 19.8 Å². The molecule has 0 spiro atoms. The summed E-state index contributed by atoms with van der Waals surface area (Å²) in [5, 5.41) is 5.89. The number of rotatable bonds is 3. The molecule has 2 N–H and O–H groups in total. The van der Waals surface area contributed by atoms with Crippen LogP contribution < -0.4 is 10.6 Å². The lowest BCUT2D eigenvalue weighted by Crippen LogP contribution is -2.54. The van der Waals surface area contributed by atoms with Crippen molar-refractivity contribution in [1.82, 2.24) is 10.6 Å². The maximum Gasteiger partial charge on any atom is 0.242 e. The van der Waals surface area contributed by atoms with Crippen LogP contribution in [0.2, 0.25) is 0 Å². The summed E-state index contributed by atoms with van der Waals surface area (Å²) >= 11 is 0. The minimum Gasteiger partial charge on any atom is -0.381 e. The summed E-state index contributed by atoms with van der Waals surface area (Å²) in [7, 11) is 0. The van der Waals surface area contributed by atoms with Crippen molar-refractivity contribution in [2.24, 2.45) is 0 Å². The van der Waals surface area contributed by atoms with E-state index in [9.17, 15) is 9.59 Å². The third kappa shape index (κ3) is 3.39. The van der Waals surface area contributed by atoms with Crippen molar-refractivity contribution >= 4 is 11.8 Å². The molecular formula is C18H24N2O3. The van der Waals surface area contributed by atoms with Gasteiger partial charge in [-0.15, -0.1) is 0 Å². The Hall–Kier alpha value is -1.88. The van der Waals surface area contributed by atoms with E-state index in [2.05, 4.69) is 10.6 Å². The topological polar surface area (TPSA) is 67.4 Å². The zero-order chi connectivity index (χ0) is 16.1. The summed E-state index contributed by atoms with van der Waals surface area (Å²) in [6, 6.07) is 9.44. The van der Waals surface area contributed by atoms with E-state index in [0.717, 1.165) is 18.4 Å². The van der Waals surface area contributed by atoms with E-state index < -0.39 is 11.5 Å². The van der Waals surface area contributed by atoms with Crippen LogP contribution >= 0.6 is 0 Å². The Kier molecular flexibility index (Phi) is 4.96. The molecule has 2 aliphatic rings. The number of benzene rings is 1. The van der Waals surface area contributed by atoms with Gasteiger partial charge in [-0.05, 0) is 37.7 Å². The van der Waals surface area contributed by atoms with Crippen LogP contribution in [0.4, 0.5) is 0 Å². The zero-order valence-corrected chi connectivity index (χ0v) is 13.3. The van der Waals surface area contributed by atoms with Gasteiger partial charge in [0.25, 0.3) is 0 Å². The Bertz CT molecular complexity index is 553. The number of amides is 2. The summed E-state index contributed by atoms with van der Waals surface area (Å²) in [5.41, 5.74) is 0.418. The average molecular weight is 316 g/mol. The minimum atomic E-state index is -0.591. The van der Waals surface area contributed by atoms with Gasteiger partial charge in [-0.2, -0.15) is 0 Å². The number of ether oxygens (including phenoxy) is 1. The fourth-order valence-corrected chi connectivity index (χ4v) is 3.50. The molecule has 2 fully saturated rings. The summed E-state index contributed by atoms with van der Waals surface area (Å²) in [4.78, 5) is 25.2. The molecule has 0 unspecified atom stereocenters. The van der Waals surface area contributed by atoms with E-state index in [0.29, 0.717) is 39.0 Å². The van der Waals surface area contributed by atoms with Crippen LogP contribution in [0.1, 0.15) is 37.7 Å². The molecule has 5 heteroatoms. The highest BCUT2D eigenvalue weighted by Crippen LogP contribution is 2.35. The lowest BCUT2D eigenvalue weighted by molar-refractivity contribution is -0.134. The van der Waals surface area contributed by atoms with Crippen molar-refractivity contribution in [1.29, 1.82) is 0 Å². The number of hydrogen-bond acceptors (Lipinski definition) is 3. The molecule has 0 radical (unpaired) electrons. The number of carbonyl (C=O) groups is 2. The Morgan fingerprint density at radius 2 is 1.91 bits per heavy atom. The third-order valence-corrected chi connectivity index (χ3v) is 4.95. The van der Waals surface area contributed by atoms with Gasteiger partial charge in [0.1, 0.15) is 6.04 Å². The normalized spacial score (nSPS) is 24.3. The Morgan fingerprint density at radius 3 is 2.65 bits per heavy atom. The summed E-state index contributed by atoms with van der Waals surface area (Å²) in [6.45, 7) is 1.83. The van der Waals surface area contributed by atoms with E-state index in [1.807, 2.05) is 30.3 Å². The largest absolute Gasteiger partial charge is 0.381 e. The SMILES string of the molecule is O=C1NCCCC[C@H]1NC(=O)C1(c2ccccc2)CCOCC1. The van der Waals surface area contributed by atoms with Crippen LogP contribution in [0, 0.1) is 0 Å². The summed E-state index contributed by atoms with van der Waals surface area (Å²) in [6.07, 6.45) is 3.92. The Morgan fingerprint density at radius 1 is 1.17 bits per heavy atom. The van der Waals surface area contributed by atoms with Crippen LogP contribution in [-0.2, 0) is 19.7 Å². The molecular weight excluding hydrogens is 292 g/mol. The molecule has 3 rings (SSSR count). The van der Waals surface area contributed by atoms with Gasteiger partial charge in [0.15, 0.2) is 0 Å². The molecule has 2 heterocycles. The first kappa shape index (κ1) is 16.0. The van der Waals surface area contributed by atoms with Gasteiger partial charge in [-0.3, -0.25) is 9.59 Å². The number of carbonyl (C=O) groups excluding carboxylic acids is 2. The molecule has 0 saturated carbocycles. The van der Waals surface area contributed by atoms with Crippen molar-refractivity contribution < 1.29 is 14.3 Å². The van der Waals surface area contributed by atoms with Crippen molar-refractivity contribution in [3.8, 4) is 0 Å². The zero-order valence-electron chi connectivity index (χ0n) is 13.3. The molecule has 1 aromatic carbocycles. The second-order valence-electron chi connectivity index (χ2n) is 6.37. The smallest absolute Gasteiger partial charge is 0.242 e. The maximum absolute atomic E-state index is 13.1. The lowest BCUT2D eigenvalue weighted by Gasteiger charge is -2.37. The quantitative estimate of drug-likeness (QED) is 0.888. The third-order valence-electron chi connectivity index (χ3n) is 4.95. The second kappa shape index (κ2) is 7.13. The van der Waals surface area contributed by atoms with Crippen LogP contribution in [0.5, 0.6) is 0 Å². The molecule has 2 amide bonds. The van der Waals surface area contributed by atoms with Gasteiger partial charge in [0.2, 0.25) is 11.8 Å². The first-order valence-electron chi connectivity index (χ1n) is 8.44. The van der Waals surface area contributed by atoms with E-state index in [4.69, 9.17) is 4.74 Å². The molecule has 5 nitrogen and oxygen atoms in total. The van der Waals surface area contributed by atoms with Gasteiger partial charge in [0, 0.05) is 19.8 Å². The van der Waals surface area contributed by atoms with Gasteiger partial charge >= 0.3 is 0 Å². The molecule has 2 saturated heterocycles. The maximum atomic E-state index is 13.1. The van der Waals surface area contributed by atoms with Crippen LogP contribution in [0.15, 0.2) is 30.3 Å². The molecule has 1 aromatic rings. The molecule has 2 aliphatic heterocycles. The number of nitrogens with one attached hydrogen (secondary N) is 2. The van der Waals surface area contributed by atoms with Crippen molar-refractivity contribution in [2.45, 2.75) is 43.6 Å².